The van der Waals surface area contributed by atoms with Crippen LogP contribution < -0.4 is 10.6 Å². The summed E-state index contributed by atoms with van der Waals surface area (Å²) in [7, 11) is 0. The molecule has 2 amide bonds. The first-order valence-corrected chi connectivity index (χ1v) is 24.7. The van der Waals surface area contributed by atoms with E-state index in [4.69, 9.17) is 5.11 Å². The molecule has 0 radical (unpaired) electrons. The maximum Gasteiger partial charge on any atom is 0.416 e. The Kier molecular flexibility index (Phi) is 20.8. The molecule has 9 nitrogen and oxygen atoms in total. The first-order valence-electron chi connectivity index (χ1n) is 24.7. The molecule has 0 atom stereocenters. The molecular formula is C56H54F12N2O7. The van der Waals surface area contributed by atoms with Crippen molar-refractivity contribution in [3.05, 3.63) is 140 Å². The Morgan fingerprint density at radius 3 is 1.13 bits per heavy atom. The van der Waals surface area contributed by atoms with Gasteiger partial charge in [0.05, 0.1) is 22.3 Å². The molecule has 2 aliphatic carbocycles. The van der Waals surface area contributed by atoms with Crippen LogP contribution in [0.1, 0.15) is 168 Å². The molecule has 0 saturated carbocycles. The van der Waals surface area contributed by atoms with Crippen molar-refractivity contribution in [2.24, 2.45) is 0 Å². The van der Waals surface area contributed by atoms with Crippen LogP contribution in [0.3, 0.4) is 0 Å². The number of benzene rings is 4. The third-order valence-electron chi connectivity index (χ3n) is 12.6. The zero-order valence-electron chi connectivity index (χ0n) is 41.5. The molecule has 0 unspecified atom stereocenters. The number of ketones is 3. The molecule has 0 heterocycles. The van der Waals surface area contributed by atoms with Gasteiger partial charge in [-0.25, -0.2) is 0 Å². The largest absolute Gasteiger partial charge is 0.481 e. The number of allylic oxidation sites excluding steroid dienone is 2. The van der Waals surface area contributed by atoms with Crippen LogP contribution in [0.4, 0.5) is 64.1 Å². The minimum atomic E-state index is -4.99. The Bertz CT molecular complexity index is 2830. The maximum atomic E-state index is 13.2. The molecule has 6 rings (SSSR count). The number of Topliss-reactive ketones (excluding diaryl/α,β-unsaturated/α-hetero) is 3. The summed E-state index contributed by atoms with van der Waals surface area (Å²) in [6, 6.07) is 11.7. The van der Waals surface area contributed by atoms with E-state index in [1.165, 1.54) is 18.2 Å². The van der Waals surface area contributed by atoms with E-state index in [0.29, 0.717) is 111 Å². The normalized spacial score (nSPS) is 14.9. The Hall–Kier alpha value is -7.06. The summed E-state index contributed by atoms with van der Waals surface area (Å²) in [6.45, 7) is 1.83. The average molecular weight is 1100 g/mol. The lowest BCUT2D eigenvalue weighted by Crippen LogP contribution is -2.16. The molecule has 21 heteroatoms. The number of amides is 2. The number of hydrogen-bond acceptors (Lipinski definition) is 6. The number of fused-ring (bicyclic) bond motifs is 2. The van der Waals surface area contributed by atoms with Crippen molar-refractivity contribution in [3.63, 3.8) is 0 Å². The predicted molar refractivity (Wildman–Crippen MR) is 263 cm³/mol. The fourth-order valence-electron chi connectivity index (χ4n) is 8.61. The molecule has 2 aliphatic rings. The lowest BCUT2D eigenvalue weighted by molar-refractivity contribution is -0.144. The molecule has 414 valence electrons. The summed E-state index contributed by atoms with van der Waals surface area (Å²) >= 11 is 0. The van der Waals surface area contributed by atoms with Crippen molar-refractivity contribution in [3.8, 4) is 0 Å². The monoisotopic (exact) mass is 1090 g/mol. The van der Waals surface area contributed by atoms with Gasteiger partial charge in [0.1, 0.15) is 5.78 Å². The van der Waals surface area contributed by atoms with Gasteiger partial charge in [0.25, 0.3) is 0 Å². The molecule has 77 heavy (non-hydrogen) atoms. The molecule has 0 spiro atoms. The van der Waals surface area contributed by atoms with Crippen molar-refractivity contribution < 1.29 is 86.6 Å². The highest BCUT2D eigenvalue weighted by atomic mass is 19.4. The zero-order chi connectivity index (χ0) is 56.9. The minimum absolute atomic E-state index is 0.0370. The van der Waals surface area contributed by atoms with Gasteiger partial charge >= 0.3 is 30.7 Å². The third kappa shape index (κ3) is 18.6. The van der Waals surface area contributed by atoms with E-state index in [9.17, 15) is 81.5 Å². The second-order valence-corrected chi connectivity index (χ2v) is 18.6. The third-order valence-corrected chi connectivity index (χ3v) is 12.6. The van der Waals surface area contributed by atoms with E-state index < -0.39 is 64.5 Å². The predicted octanol–water partition coefficient (Wildman–Crippen LogP) is 15.5. The number of aryl methyl sites for hydroxylation is 2. The molecular weight excluding hydrogens is 1040 g/mol. The van der Waals surface area contributed by atoms with Crippen LogP contribution >= 0.6 is 0 Å². The van der Waals surface area contributed by atoms with Crippen LogP contribution in [0.2, 0.25) is 0 Å². The quantitative estimate of drug-likeness (QED) is 0.0481. The number of carboxylic acid groups (broad SMARTS) is 1. The number of hydrogen-bond donors (Lipinski definition) is 3. The number of anilines is 2. The van der Waals surface area contributed by atoms with Crippen molar-refractivity contribution in [2.45, 2.75) is 141 Å². The molecule has 0 saturated heterocycles. The molecule has 4 aromatic carbocycles. The van der Waals surface area contributed by atoms with Gasteiger partial charge < -0.3 is 15.7 Å². The van der Waals surface area contributed by atoms with E-state index in [0.717, 1.165) is 31.4 Å². The number of carbonyl (C=O) groups is 6. The highest BCUT2D eigenvalue weighted by molar-refractivity contribution is 6.14. The van der Waals surface area contributed by atoms with Crippen molar-refractivity contribution in [2.75, 3.05) is 10.6 Å². The van der Waals surface area contributed by atoms with Crippen molar-refractivity contribution in [1.29, 1.82) is 0 Å². The Balaban J connectivity index is 0.000000284. The van der Waals surface area contributed by atoms with Gasteiger partial charge in [-0.1, -0.05) is 32.6 Å². The number of rotatable bonds is 19. The number of halogens is 12. The molecule has 0 aliphatic heterocycles. The first-order chi connectivity index (χ1) is 36.0. The van der Waals surface area contributed by atoms with Gasteiger partial charge in [0, 0.05) is 65.8 Å². The fraction of sp³-hybridized carbons (Fsp3) is 0.393. The molecule has 3 N–H and O–H groups in total. The van der Waals surface area contributed by atoms with E-state index in [-0.39, 0.29) is 88.8 Å². The molecule has 4 aromatic rings. The summed E-state index contributed by atoms with van der Waals surface area (Å²) < 4.78 is 158. The van der Waals surface area contributed by atoms with Crippen LogP contribution in [0.25, 0.3) is 12.2 Å². The zero-order valence-corrected chi connectivity index (χ0v) is 41.5. The number of aliphatic carboxylic acids is 1. The van der Waals surface area contributed by atoms with Crippen LogP contribution in [0.5, 0.6) is 0 Å². The van der Waals surface area contributed by atoms with Crippen LogP contribution in [0.15, 0.2) is 83.9 Å². The Morgan fingerprint density at radius 2 is 0.805 bits per heavy atom. The van der Waals surface area contributed by atoms with E-state index >= 15 is 0 Å². The van der Waals surface area contributed by atoms with Gasteiger partial charge in [0.15, 0.2) is 11.6 Å². The first kappa shape index (κ1) is 60.8. The smallest absolute Gasteiger partial charge is 0.416 e. The van der Waals surface area contributed by atoms with Gasteiger partial charge in [-0.05, 0) is 159 Å². The van der Waals surface area contributed by atoms with Gasteiger partial charge in [-0.15, -0.1) is 0 Å². The molecule has 0 aromatic heterocycles. The van der Waals surface area contributed by atoms with Crippen LogP contribution in [-0.4, -0.2) is 40.2 Å². The average Bonchev–Trinajstić information content (AvgIpc) is 3.34. The molecule has 0 bridgehead atoms. The number of alkyl halides is 12. The highest BCUT2D eigenvalue weighted by Gasteiger charge is 2.38. The summed E-state index contributed by atoms with van der Waals surface area (Å²) in [5.41, 5.74) is -3.57. The fourth-order valence-corrected chi connectivity index (χ4v) is 8.61. The lowest BCUT2D eigenvalue weighted by atomic mass is 9.85. The highest BCUT2D eigenvalue weighted by Crippen LogP contribution is 2.40. The topological polar surface area (TPSA) is 147 Å². The standard InChI is InChI=1S/C29H29F6NO3.C27H25F6NO4/c1-2-24(37)7-5-3-4-6-8-26(38)36-23-11-12-25-19(16-23)9-10-20(27(25)39)13-18-14-21(28(30,31)32)17-22(15-18)29(33,34)35;28-26(29,30)19-12-16(13-20(15-19)27(31,32)33)11-18-8-7-17-14-21(9-10-22(17)25(18)38)34-23(35)5-3-1-2-4-6-24(36)37/h11-17H,2-10H2,1H3,(H,36,38);9-15H,1-8H2,(H,34,35)(H,36,37)/b20-13+;18-11+. The van der Waals surface area contributed by atoms with Gasteiger partial charge in [-0.2, -0.15) is 52.7 Å². The maximum absolute atomic E-state index is 13.2. The van der Waals surface area contributed by atoms with Crippen LogP contribution in [-0.2, 0) is 56.7 Å². The van der Waals surface area contributed by atoms with Crippen molar-refractivity contribution >= 4 is 58.7 Å². The summed E-state index contributed by atoms with van der Waals surface area (Å²) in [6.07, 6.45) is -9.46. The summed E-state index contributed by atoms with van der Waals surface area (Å²) in [5.74, 6) is -2.05. The van der Waals surface area contributed by atoms with Crippen molar-refractivity contribution in [1.82, 2.24) is 0 Å². The second-order valence-electron chi connectivity index (χ2n) is 18.6. The number of carboxylic acids is 1. The number of nitrogens with one attached hydrogen (secondary N) is 2. The minimum Gasteiger partial charge on any atom is -0.481 e. The molecule has 0 fully saturated rings. The Labute approximate surface area is 435 Å². The number of carbonyl (C=O) groups excluding carboxylic acids is 5. The van der Waals surface area contributed by atoms with Gasteiger partial charge in [0.2, 0.25) is 11.8 Å². The SMILES string of the molecule is CCC(=O)CCCCCCC(=O)Nc1ccc2c(c1)CC/C(=C\c1cc(C(F)(F)F)cc(C(F)(F)F)c1)C2=O.O=C(O)CCCCCCC(=O)Nc1ccc2c(c1)CC/C(=C\c1cc(C(F)(F)F)cc(C(F)(F)F)c1)C2=O. The lowest BCUT2D eigenvalue weighted by Gasteiger charge is -2.19. The summed E-state index contributed by atoms with van der Waals surface area (Å²) in [4.78, 5) is 72.2. The van der Waals surface area contributed by atoms with Gasteiger partial charge in [-0.3, -0.25) is 28.8 Å². The second kappa shape index (κ2) is 26.3. The van der Waals surface area contributed by atoms with E-state index in [2.05, 4.69) is 10.6 Å². The number of unbranched alkanes of at least 4 members (excludes halogenated alkanes) is 6. The Morgan fingerprint density at radius 1 is 0.468 bits per heavy atom. The van der Waals surface area contributed by atoms with Crippen LogP contribution in [0, 0.1) is 0 Å². The summed E-state index contributed by atoms with van der Waals surface area (Å²) in [5, 5.41) is 14.1. The van der Waals surface area contributed by atoms with E-state index in [1.807, 2.05) is 6.92 Å². The van der Waals surface area contributed by atoms with E-state index in [1.54, 1.807) is 18.2 Å².